The van der Waals surface area contributed by atoms with Gasteiger partial charge in [-0.3, -0.25) is 9.78 Å². The molecule has 2 fully saturated rings. The van der Waals surface area contributed by atoms with Crippen molar-refractivity contribution in [1.82, 2.24) is 14.2 Å². The fourth-order valence-electron chi connectivity index (χ4n) is 4.32. The first-order valence-corrected chi connectivity index (χ1v) is 12.0. The molecule has 4 rings (SSSR count). The van der Waals surface area contributed by atoms with Crippen LogP contribution in [-0.2, 0) is 25.3 Å². The SMILES string of the molecule is CO[C@H]1CN(C=O)C[C@@H]1Oc1cccc(CS(=O)(=O)N2CCC[C@H]2c2ccccn2)c1. The van der Waals surface area contributed by atoms with E-state index in [0.29, 0.717) is 30.9 Å². The van der Waals surface area contributed by atoms with Crippen molar-refractivity contribution in [3.63, 3.8) is 0 Å². The van der Waals surface area contributed by atoms with E-state index in [0.717, 1.165) is 24.9 Å². The maximum absolute atomic E-state index is 13.2. The second-order valence-corrected chi connectivity index (χ2v) is 9.84. The third kappa shape index (κ3) is 4.89. The molecule has 0 radical (unpaired) electrons. The fraction of sp³-hybridized carbons (Fsp3) is 0.455. The van der Waals surface area contributed by atoms with Crippen LogP contribution in [0.5, 0.6) is 5.75 Å². The van der Waals surface area contributed by atoms with E-state index in [9.17, 15) is 13.2 Å². The Morgan fingerprint density at radius 3 is 2.74 bits per heavy atom. The number of carbonyl (C=O) groups excluding carboxylic acids is 1. The molecule has 0 saturated carbocycles. The molecule has 31 heavy (non-hydrogen) atoms. The summed E-state index contributed by atoms with van der Waals surface area (Å²) < 4.78 is 39.5. The number of amides is 1. The molecule has 166 valence electrons. The quantitative estimate of drug-likeness (QED) is 0.578. The zero-order chi connectivity index (χ0) is 21.8. The van der Waals surface area contributed by atoms with Gasteiger partial charge in [0, 0.05) is 19.9 Å². The molecule has 0 aliphatic carbocycles. The Morgan fingerprint density at radius 2 is 2.00 bits per heavy atom. The van der Waals surface area contributed by atoms with E-state index in [2.05, 4.69) is 4.98 Å². The Morgan fingerprint density at radius 1 is 1.16 bits per heavy atom. The third-order valence-electron chi connectivity index (χ3n) is 5.82. The smallest absolute Gasteiger partial charge is 0.218 e. The molecule has 8 nitrogen and oxygen atoms in total. The molecule has 9 heteroatoms. The summed E-state index contributed by atoms with van der Waals surface area (Å²) in [6.45, 7) is 1.41. The number of hydrogen-bond donors (Lipinski definition) is 0. The zero-order valence-electron chi connectivity index (χ0n) is 17.5. The van der Waals surface area contributed by atoms with Crippen LogP contribution >= 0.6 is 0 Å². The third-order valence-corrected chi connectivity index (χ3v) is 7.67. The first-order chi connectivity index (χ1) is 15.0. The largest absolute Gasteiger partial charge is 0.486 e. The van der Waals surface area contributed by atoms with Crippen molar-refractivity contribution in [2.45, 2.75) is 36.8 Å². The molecule has 0 unspecified atom stereocenters. The molecule has 0 N–H and O–H groups in total. The fourth-order valence-corrected chi connectivity index (χ4v) is 6.09. The lowest BCUT2D eigenvalue weighted by Crippen LogP contribution is -2.32. The number of aromatic nitrogens is 1. The van der Waals surface area contributed by atoms with Gasteiger partial charge in [0.05, 0.1) is 30.6 Å². The average Bonchev–Trinajstić information content (AvgIpc) is 3.42. The van der Waals surface area contributed by atoms with Crippen molar-refractivity contribution < 1.29 is 22.7 Å². The highest BCUT2D eigenvalue weighted by molar-refractivity contribution is 7.88. The molecule has 3 heterocycles. The van der Waals surface area contributed by atoms with Gasteiger partial charge in [0.1, 0.15) is 18.0 Å². The summed E-state index contributed by atoms with van der Waals surface area (Å²) in [6.07, 6.45) is 3.55. The molecule has 2 aromatic rings. The highest BCUT2D eigenvalue weighted by atomic mass is 32.2. The number of nitrogens with zero attached hydrogens (tertiary/aromatic N) is 3. The second-order valence-electron chi connectivity index (χ2n) is 7.92. The molecule has 0 spiro atoms. The first kappa shape index (κ1) is 21.7. The number of hydrogen-bond acceptors (Lipinski definition) is 6. The summed E-state index contributed by atoms with van der Waals surface area (Å²) in [7, 11) is -1.93. The average molecular weight is 446 g/mol. The van der Waals surface area contributed by atoms with Crippen molar-refractivity contribution in [2.75, 3.05) is 26.7 Å². The molecule has 0 bridgehead atoms. The van der Waals surface area contributed by atoms with Crippen molar-refractivity contribution in [1.29, 1.82) is 0 Å². The van der Waals surface area contributed by atoms with Crippen molar-refractivity contribution >= 4 is 16.4 Å². The van der Waals surface area contributed by atoms with Gasteiger partial charge in [0.2, 0.25) is 16.4 Å². The van der Waals surface area contributed by atoms with Crippen LogP contribution in [0.25, 0.3) is 0 Å². The van der Waals surface area contributed by atoms with Gasteiger partial charge in [-0.1, -0.05) is 18.2 Å². The summed E-state index contributed by atoms with van der Waals surface area (Å²) in [6, 6.07) is 12.5. The Labute approximate surface area is 182 Å². The maximum Gasteiger partial charge on any atom is 0.218 e. The Bertz CT molecular complexity index is 1000. The van der Waals surface area contributed by atoms with Crippen LogP contribution < -0.4 is 4.74 Å². The summed E-state index contributed by atoms with van der Waals surface area (Å²) in [5.74, 6) is 0.460. The minimum atomic E-state index is -3.52. The van der Waals surface area contributed by atoms with Gasteiger partial charge < -0.3 is 14.4 Å². The summed E-state index contributed by atoms with van der Waals surface area (Å²) in [5, 5.41) is 0. The van der Waals surface area contributed by atoms with E-state index < -0.39 is 10.0 Å². The standard InChI is InChI=1S/C22H27N3O5S/c1-29-21-13-24(16-26)14-22(21)30-18-7-4-6-17(12-18)15-31(27,28)25-11-5-9-20(25)19-8-2-3-10-23-19/h2-4,6-8,10,12,16,20-22H,5,9,11,13-15H2,1H3/t20-,21-,22-/m0/s1. The van der Waals surface area contributed by atoms with Gasteiger partial charge in [-0.25, -0.2) is 8.42 Å². The molecule has 1 aromatic heterocycles. The summed E-state index contributed by atoms with van der Waals surface area (Å²) in [5.41, 5.74) is 1.44. The van der Waals surface area contributed by atoms with Gasteiger partial charge in [-0.15, -0.1) is 0 Å². The normalized spacial score (nSPS) is 24.4. The van der Waals surface area contributed by atoms with Gasteiger partial charge in [-0.2, -0.15) is 4.31 Å². The van der Waals surface area contributed by atoms with Crippen LogP contribution in [0, 0.1) is 0 Å². The number of carbonyl (C=O) groups is 1. The van der Waals surface area contributed by atoms with Crippen molar-refractivity contribution in [3.05, 3.63) is 59.9 Å². The Hall–Kier alpha value is -2.49. The predicted molar refractivity (Wildman–Crippen MR) is 115 cm³/mol. The number of likely N-dealkylation sites (tertiary alicyclic amines) is 1. The number of ether oxygens (including phenoxy) is 2. The second kappa shape index (κ2) is 9.33. The highest BCUT2D eigenvalue weighted by Crippen LogP contribution is 2.34. The van der Waals surface area contributed by atoms with Crippen LogP contribution in [0.15, 0.2) is 48.7 Å². The van der Waals surface area contributed by atoms with E-state index in [1.54, 1.807) is 46.8 Å². The van der Waals surface area contributed by atoms with Crippen LogP contribution in [0.2, 0.25) is 0 Å². The van der Waals surface area contributed by atoms with Crippen molar-refractivity contribution in [2.24, 2.45) is 0 Å². The minimum Gasteiger partial charge on any atom is -0.486 e. The highest BCUT2D eigenvalue weighted by Gasteiger charge is 2.36. The summed E-state index contributed by atoms with van der Waals surface area (Å²) in [4.78, 5) is 17.0. The van der Waals surface area contributed by atoms with E-state index in [1.807, 2.05) is 18.2 Å². The van der Waals surface area contributed by atoms with Crippen LogP contribution in [0.1, 0.15) is 30.1 Å². The Balaban J connectivity index is 1.47. The summed E-state index contributed by atoms with van der Waals surface area (Å²) >= 11 is 0. The van der Waals surface area contributed by atoms with Gasteiger partial charge in [0.25, 0.3) is 0 Å². The van der Waals surface area contributed by atoms with Crippen LogP contribution in [-0.4, -0.2) is 68.0 Å². The molecule has 2 aliphatic heterocycles. The topological polar surface area (TPSA) is 89.0 Å². The molecule has 2 saturated heterocycles. The van der Waals surface area contributed by atoms with Gasteiger partial charge in [-0.05, 0) is 42.7 Å². The van der Waals surface area contributed by atoms with Crippen molar-refractivity contribution in [3.8, 4) is 5.75 Å². The van der Waals surface area contributed by atoms with Crippen LogP contribution in [0.4, 0.5) is 0 Å². The number of rotatable bonds is 8. The molecular formula is C22H27N3O5S. The monoisotopic (exact) mass is 445 g/mol. The van der Waals surface area contributed by atoms with E-state index >= 15 is 0 Å². The first-order valence-electron chi connectivity index (χ1n) is 10.4. The van der Waals surface area contributed by atoms with Crippen LogP contribution in [0.3, 0.4) is 0 Å². The zero-order valence-corrected chi connectivity index (χ0v) is 18.3. The predicted octanol–water partition coefficient (Wildman–Crippen LogP) is 1.98. The lowest BCUT2D eigenvalue weighted by molar-refractivity contribution is -0.117. The molecule has 1 aromatic carbocycles. The lowest BCUT2D eigenvalue weighted by Gasteiger charge is -2.24. The Kier molecular flexibility index (Phi) is 6.54. The lowest BCUT2D eigenvalue weighted by atomic mass is 10.1. The van der Waals surface area contributed by atoms with E-state index in [1.165, 1.54) is 0 Å². The number of pyridine rings is 1. The number of sulfonamides is 1. The number of benzene rings is 1. The van der Waals surface area contributed by atoms with Gasteiger partial charge in [0.15, 0.2) is 0 Å². The molecule has 2 aliphatic rings. The van der Waals surface area contributed by atoms with Gasteiger partial charge >= 0.3 is 0 Å². The maximum atomic E-state index is 13.2. The minimum absolute atomic E-state index is 0.105. The molecule has 1 amide bonds. The molecular weight excluding hydrogens is 418 g/mol. The molecule has 3 atom stereocenters. The van der Waals surface area contributed by atoms with E-state index in [-0.39, 0.29) is 24.0 Å². The van der Waals surface area contributed by atoms with E-state index in [4.69, 9.17) is 9.47 Å². The number of methoxy groups -OCH3 is 1.